The minimum Gasteiger partial charge on any atom is -0.384 e. The fourth-order valence-electron chi connectivity index (χ4n) is 2.23. The fourth-order valence-corrected chi connectivity index (χ4v) is 3.78. The Balaban J connectivity index is 2.10. The molecule has 8 heteroatoms. The standard InChI is InChI=1S/C16H12ClN3O3S/c17-12-7-11-3-6-15(18)19-16(11)14(8-12)24(22,23)20-13-4-1-10(9-21)2-5-13/h1-9,20H,(H2,18,19). The maximum Gasteiger partial charge on any atom is 0.264 e. The number of nitrogen functional groups attached to an aromatic ring is 1. The van der Waals surface area contributed by atoms with Gasteiger partial charge in [0, 0.05) is 21.7 Å². The molecular formula is C16H12ClN3O3S. The summed E-state index contributed by atoms with van der Waals surface area (Å²) in [7, 11) is -3.94. The van der Waals surface area contributed by atoms with Crippen LogP contribution < -0.4 is 10.5 Å². The number of carbonyl (C=O) groups excluding carboxylic acids is 1. The Hall–Kier alpha value is -2.64. The van der Waals surface area contributed by atoms with E-state index in [1.54, 1.807) is 18.2 Å². The Bertz CT molecular complexity index is 1030. The highest BCUT2D eigenvalue weighted by molar-refractivity contribution is 7.93. The predicted molar refractivity (Wildman–Crippen MR) is 93.8 cm³/mol. The van der Waals surface area contributed by atoms with Crippen LogP contribution in [-0.4, -0.2) is 19.7 Å². The lowest BCUT2D eigenvalue weighted by molar-refractivity contribution is 0.112. The molecule has 0 aliphatic heterocycles. The van der Waals surface area contributed by atoms with E-state index in [1.807, 2.05) is 0 Å². The molecule has 0 bridgehead atoms. The largest absolute Gasteiger partial charge is 0.384 e. The van der Waals surface area contributed by atoms with Gasteiger partial charge >= 0.3 is 0 Å². The molecule has 2 aromatic carbocycles. The van der Waals surface area contributed by atoms with Crippen LogP contribution in [0.3, 0.4) is 0 Å². The third-order valence-electron chi connectivity index (χ3n) is 3.33. The second kappa shape index (κ2) is 6.10. The third kappa shape index (κ3) is 3.17. The zero-order valence-electron chi connectivity index (χ0n) is 12.2. The van der Waals surface area contributed by atoms with Crippen LogP contribution in [0.25, 0.3) is 10.9 Å². The van der Waals surface area contributed by atoms with Gasteiger partial charge in [0.2, 0.25) is 0 Å². The minimum absolute atomic E-state index is 0.0724. The van der Waals surface area contributed by atoms with Crippen molar-refractivity contribution in [3.63, 3.8) is 0 Å². The number of hydrogen-bond donors (Lipinski definition) is 2. The number of nitrogens with zero attached hydrogens (tertiary/aromatic N) is 1. The van der Waals surface area contributed by atoms with Gasteiger partial charge in [-0.3, -0.25) is 9.52 Å². The molecule has 0 fully saturated rings. The lowest BCUT2D eigenvalue weighted by atomic mass is 10.2. The SMILES string of the molecule is Nc1ccc2cc(Cl)cc(S(=O)(=O)Nc3ccc(C=O)cc3)c2n1. The molecule has 122 valence electrons. The summed E-state index contributed by atoms with van der Waals surface area (Å²) in [6, 6.07) is 12.2. The average Bonchev–Trinajstić information content (AvgIpc) is 2.55. The van der Waals surface area contributed by atoms with Crippen molar-refractivity contribution in [2.75, 3.05) is 10.5 Å². The molecule has 0 aliphatic carbocycles. The number of aldehydes is 1. The van der Waals surface area contributed by atoms with Crippen molar-refractivity contribution < 1.29 is 13.2 Å². The summed E-state index contributed by atoms with van der Waals surface area (Å²) in [6.45, 7) is 0. The van der Waals surface area contributed by atoms with Crippen LogP contribution >= 0.6 is 11.6 Å². The first-order chi connectivity index (χ1) is 11.4. The van der Waals surface area contributed by atoms with Crippen LogP contribution in [0.4, 0.5) is 11.5 Å². The molecule has 0 amide bonds. The molecule has 1 heterocycles. The highest BCUT2D eigenvalue weighted by Gasteiger charge is 2.20. The second-order valence-electron chi connectivity index (χ2n) is 5.06. The Morgan fingerprint density at radius 1 is 1.08 bits per heavy atom. The lowest BCUT2D eigenvalue weighted by Crippen LogP contribution is -2.14. The van der Waals surface area contributed by atoms with Crippen molar-refractivity contribution in [3.05, 3.63) is 59.1 Å². The molecule has 3 rings (SSSR count). The summed E-state index contributed by atoms with van der Waals surface area (Å²) in [5.74, 6) is 0.205. The number of sulfonamides is 1. The molecule has 0 atom stereocenters. The van der Waals surface area contributed by atoms with Crippen molar-refractivity contribution in [1.29, 1.82) is 0 Å². The maximum atomic E-state index is 12.7. The van der Waals surface area contributed by atoms with Crippen LogP contribution in [0.15, 0.2) is 53.4 Å². The van der Waals surface area contributed by atoms with E-state index in [9.17, 15) is 13.2 Å². The van der Waals surface area contributed by atoms with E-state index in [0.29, 0.717) is 22.9 Å². The molecule has 1 aromatic heterocycles. The molecular weight excluding hydrogens is 350 g/mol. The predicted octanol–water partition coefficient (Wildman–Crippen LogP) is 3.08. The summed E-state index contributed by atoms with van der Waals surface area (Å²) in [5.41, 5.74) is 6.66. The van der Waals surface area contributed by atoms with Gasteiger partial charge in [-0.25, -0.2) is 13.4 Å². The van der Waals surface area contributed by atoms with Gasteiger partial charge in [0.1, 0.15) is 17.0 Å². The number of rotatable bonds is 4. The first-order valence-electron chi connectivity index (χ1n) is 6.83. The minimum atomic E-state index is -3.94. The number of aromatic nitrogens is 1. The fraction of sp³-hybridized carbons (Fsp3) is 0. The normalized spacial score (nSPS) is 11.4. The summed E-state index contributed by atoms with van der Waals surface area (Å²) in [5, 5.41) is 0.833. The number of halogens is 1. The zero-order chi connectivity index (χ0) is 17.3. The Morgan fingerprint density at radius 3 is 2.46 bits per heavy atom. The molecule has 24 heavy (non-hydrogen) atoms. The molecule has 0 unspecified atom stereocenters. The molecule has 3 N–H and O–H groups in total. The van der Waals surface area contributed by atoms with E-state index >= 15 is 0 Å². The molecule has 0 saturated carbocycles. The summed E-state index contributed by atoms with van der Waals surface area (Å²) in [6.07, 6.45) is 0.676. The van der Waals surface area contributed by atoms with E-state index in [0.717, 1.165) is 0 Å². The molecule has 0 aliphatic rings. The van der Waals surface area contributed by atoms with Crippen molar-refractivity contribution in [1.82, 2.24) is 4.98 Å². The van der Waals surface area contributed by atoms with Crippen LogP contribution in [-0.2, 0) is 10.0 Å². The first kappa shape index (κ1) is 16.2. The Labute approximate surface area is 143 Å². The van der Waals surface area contributed by atoms with E-state index in [4.69, 9.17) is 17.3 Å². The number of carbonyl (C=O) groups is 1. The van der Waals surface area contributed by atoms with Gasteiger partial charge in [0.15, 0.2) is 0 Å². The molecule has 0 spiro atoms. The van der Waals surface area contributed by atoms with Gasteiger partial charge in [-0.05, 0) is 48.5 Å². The third-order valence-corrected chi connectivity index (χ3v) is 4.95. The van der Waals surface area contributed by atoms with Gasteiger partial charge in [-0.1, -0.05) is 11.6 Å². The highest BCUT2D eigenvalue weighted by Crippen LogP contribution is 2.28. The number of anilines is 2. The molecule has 0 saturated heterocycles. The number of pyridine rings is 1. The van der Waals surface area contributed by atoms with Crippen LogP contribution in [0, 0.1) is 0 Å². The van der Waals surface area contributed by atoms with Crippen LogP contribution in [0.5, 0.6) is 0 Å². The summed E-state index contributed by atoms with van der Waals surface area (Å²) in [4.78, 5) is 14.7. The van der Waals surface area contributed by atoms with E-state index in [2.05, 4.69) is 9.71 Å². The van der Waals surface area contributed by atoms with Gasteiger partial charge < -0.3 is 5.73 Å². The van der Waals surface area contributed by atoms with Crippen LogP contribution in [0.1, 0.15) is 10.4 Å². The van der Waals surface area contributed by atoms with E-state index in [1.165, 1.54) is 30.3 Å². The van der Waals surface area contributed by atoms with Crippen molar-refractivity contribution >= 4 is 50.3 Å². The first-order valence-corrected chi connectivity index (χ1v) is 8.69. The van der Waals surface area contributed by atoms with Crippen molar-refractivity contribution in [2.45, 2.75) is 4.90 Å². The molecule has 0 radical (unpaired) electrons. The van der Waals surface area contributed by atoms with Gasteiger partial charge in [0.25, 0.3) is 10.0 Å². The molecule has 3 aromatic rings. The average molecular weight is 362 g/mol. The monoisotopic (exact) mass is 361 g/mol. The van der Waals surface area contributed by atoms with Crippen molar-refractivity contribution in [3.8, 4) is 0 Å². The number of nitrogens with two attached hydrogens (primary N) is 1. The molecule has 6 nitrogen and oxygen atoms in total. The Morgan fingerprint density at radius 2 is 1.79 bits per heavy atom. The number of fused-ring (bicyclic) bond motifs is 1. The van der Waals surface area contributed by atoms with E-state index in [-0.39, 0.29) is 21.3 Å². The zero-order valence-corrected chi connectivity index (χ0v) is 13.8. The second-order valence-corrected chi connectivity index (χ2v) is 7.14. The van der Waals surface area contributed by atoms with Crippen molar-refractivity contribution in [2.24, 2.45) is 0 Å². The van der Waals surface area contributed by atoms with Crippen LogP contribution in [0.2, 0.25) is 5.02 Å². The topological polar surface area (TPSA) is 102 Å². The number of nitrogens with one attached hydrogen (secondary N) is 1. The quantitative estimate of drug-likeness (QED) is 0.695. The van der Waals surface area contributed by atoms with Gasteiger partial charge in [-0.15, -0.1) is 0 Å². The maximum absolute atomic E-state index is 12.7. The van der Waals surface area contributed by atoms with Gasteiger partial charge in [0.05, 0.1) is 5.52 Å². The summed E-state index contributed by atoms with van der Waals surface area (Å²) >= 11 is 6.02. The summed E-state index contributed by atoms with van der Waals surface area (Å²) < 4.78 is 27.9. The Kier molecular flexibility index (Phi) is 4.13. The smallest absolute Gasteiger partial charge is 0.264 e. The number of hydrogen-bond acceptors (Lipinski definition) is 5. The van der Waals surface area contributed by atoms with E-state index < -0.39 is 10.0 Å². The number of benzene rings is 2. The lowest BCUT2D eigenvalue weighted by Gasteiger charge is -2.11. The van der Waals surface area contributed by atoms with Gasteiger partial charge in [-0.2, -0.15) is 0 Å². The highest BCUT2D eigenvalue weighted by atomic mass is 35.5.